The summed E-state index contributed by atoms with van der Waals surface area (Å²) in [6, 6.07) is -1.09. The van der Waals surface area contributed by atoms with Gasteiger partial charge in [0, 0.05) is 37.8 Å². The molecule has 0 saturated carbocycles. The highest BCUT2D eigenvalue weighted by molar-refractivity contribution is 5.81. The van der Waals surface area contributed by atoms with Gasteiger partial charge < -0.3 is 58.9 Å². The van der Waals surface area contributed by atoms with E-state index in [0.29, 0.717) is 18.7 Å². The predicted octanol–water partition coefficient (Wildman–Crippen LogP) is 2.06. The van der Waals surface area contributed by atoms with E-state index in [0.717, 1.165) is 0 Å². The van der Waals surface area contributed by atoms with Crippen LogP contribution < -0.4 is 5.32 Å². The van der Waals surface area contributed by atoms with Crippen LogP contribution in [0, 0.1) is 17.8 Å². The van der Waals surface area contributed by atoms with Gasteiger partial charge in [0.2, 0.25) is 0 Å². The van der Waals surface area contributed by atoms with Gasteiger partial charge in [-0.15, -0.1) is 0 Å². The number of esters is 1. The van der Waals surface area contributed by atoms with Crippen molar-refractivity contribution in [1.29, 1.82) is 0 Å². The number of aliphatic hydroxyl groups excluding tert-OH is 3. The largest absolute Gasteiger partial charge is 0.472 e. The number of hydrogen-bond acceptors (Lipinski definition) is 14. The minimum atomic E-state index is -1.84. The fraction of sp³-hybridized carbons (Fsp3) is 0.944. The predicted molar refractivity (Wildman–Crippen MR) is 183 cm³/mol. The molecule has 290 valence electrons. The summed E-state index contributed by atoms with van der Waals surface area (Å²) >= 11 is 0. The summed E-state index contributed by atoms with van der Waals surface area (Å²) in [4.78, 5) is 18.9. The molecule has 0 aromatic carbocycles. The zero-order chi connectivity index (χ0) is 37.5. The maximum atomic E-state index is 14.1. The van der Waals surface area contributed by atoms with Gasteiger partial charge in [-0.2, -0.15) is 0 Å². The van der Waals surface area contributed by atoms with E-state index < -0.39 is 96.0 Å². The Morgan fingerprint density at radius 1 is 0.980 bits per heavy atom. The number of methoxy groups -OCH3 is 1. The monoisotopic (exact) mass is 716 g/mol. The Kier molecular flexibility index (Phi) is 13.1. The molecule has 0 amide bonds. The lowest BCUT2D eigenvalue weighted by molar-refractivity contribution is -0.313. The van der Waals surface area contributed by atoms with Crippen molar-refractivity contribution >= 4 is 11.9 Å². The van der Waals surface area contributed by atoms with Crippen LogP contribution in [0.25, 0.3) is 0 Å². The summed E-state index contributed by atoms with van der Waals surface area (Å²) in [5.74, 6) is -2.04. The summed E-state index contributed by atoms with van der Waals surface area (Å²) in [6.45, 7) is 17.8. The zero-order valence-corrected chi connectivity index (χ0v) is 32.0. The first kappa shape index (κ1) is 41.3. The number of ether oxygens (including phenoxy) is 7. The number of carbonyl (C=O) groups excluding carboxylic acids is 1. The number of likely N-dealkylation sites (N-methyl/N-ethyl adjacent to an activating group) is 1. The Balaban J connectivity index is 1.84. The molecule has 4 aliphatic rings. The number of aliphatic imine (C=N–C) groups is 1. The highest BCUT2D eigenvalue weighted by atomic mass is 16.7. The standard InChI is InChI=1S/C36H64N2O12/c1-13-24-36(10,43)28(40)21(6)38-31-17(2)15-35(9,50-31)30(49-33-26(39)23(37-11)14-18(3)45-33)19(4)27(20(5)32(42)47-24)48-25-16-34(8,44-12)29(41)22(7)46-25/h17-30,33,37,39-41,43H,13-16H2,1-12H3/t17-,18-,19+,20-,21-,22-,23?,24-,25+,26?,27+,28-,29+,30-,33+,34?,35+,36-/m1/s1. The van der Waals surface area contributed by atoms with Crippen LogP contribution in [0.1, 0.15) is 94.9 Å². The van der Waals surface area contributed by atoms with E-state index in [-0.39, 0.29) is 30.9 Å². The molecule has 3 saturated heterocycles. The van der Waals surface area contributed by atoms with Gasteiger partial charge in [-0.05, 0) is 68.4 Å². The number of aliphatic hydroxyl groups is 4. The van der Waals surface area contributed by atoms with Crippen LogP contribution in [0.5, 0.6) is 0 Å². The second-order valence-electron chi connectivity index (χ2n) is 15.9. The van der Waals surface area contributed by atoms with Crippen molar-refractivity contribution in [3.8, 4) is 0 Å². The lowest BCUT2D eigenvalue weighted by atomic mass is 9.79. The first-order valence-corrected chi connectivity index (χ1v) is 18.3. The van der Waals surface area contributed by atoms with Crippen molar-refractivity contribution in [3.63, 3.8) is 0 Å². The second-order valence-corrected chi connectivity index (χ2v) is 15.9. The molecule has 0 aromatic rings. The Hall–Kier alpha value is -1.46. The normalized spacial score (nSPS) is 50.9. The van der Waals surface area contributed by atoms with Gasteiger partial charge >= 0.3 is 5.97 Å². The van der Waals surface area contributed by atoms with Crippen LogP contribution in [-0.4, -0.2) is 137 Å². The number of hydrogen-bond donors (Lipinski definition) is 5. The van der Waals surface area contributed by atoms with Gasteiger partial charge in [-0.25, -0.2) is 4.99 Å². The van der Waals surface area contributed by atoms with Crippen LogP contribution in [0.15, 0.2) is 4.99 Å². The number of nitrogens with zero attached hydrogens (tertiary/aromatic N) is 1. The second kappa shape index (κ2) is 15.9. The Labute approximate surface area is 297 Å². The molecule has 0 aliphatic carbocycles. The summed E-state index contributed by atoms with van der Waals surface area (Å²) < 4.78 is 44.3. The molecular weight excluding hydrogens is 652 g/mol. The molecule has 0 aromatic heterocycles. The van der Waals surface area contributed by atoms with Crippen LogP contribution in [0.3, 0.4) is 0 Å². The van der Waals surface area contributed by atoms with E-state index in [9.17, 15) is 25.2 Å². The van der Waals surface area contributed by atoms with Crippen LogP contribution in [0.4, 0.5) is 0 Å². The number of fused-ring (bicyclic) bond motifs is 2. The highest BCUT2D eigenvalue weighted by Crippen LogP contribution is 2.44. The first-order valence-electron chi connectivity index (χ1n) is 18.3. The Morgan fingerprint density at radius 3 is 2.24 bits per heavy atom. The fourth-order valence-corrected chi connectivity index (χ4v) is 8.41. The van der Waals surface area contributed by atoms with Gasteiger partial charge in [0.15, 0.2) is 18.5 Å². The molecule has 14 heteroatoms. The lowest BCUT2D eigenvalue weighted by Crippen LogP contribution is -2.60. The van der Waals surface area contributed by atoms with Crippen molar-refractivity contribution in [2.24, 2.45) is 22.7 Å². The summed E-state index contributed by atoms with van der Waals surface area (Å²) in [5.41, 5.74) is -3.90. The van der Waals surface area contributed by atoms with Gasteiger partial charge in [0.25, 0.3) is 0 Å². The number of rotatable bonds is 7. The third-order valence-electron chi connectivity index (χ3n) is 11.7. The number of cyclic esters (lactones) is 1. The van der Waals surface area contributed by atoms with Crippen molar-refractivity contribution in [2.45, 2.75) is 185 Å². The molecular formula is C36H64N2O12. The average molecular weight is 717 g/mol. The van der Waals surface area contributed by atoms with Gasteiger partial charge in [-0.1, -0.05) is 20.8 Å². The molecule has 3 unspecified atom stereocenters. The van der Waals surface area contributed by atoms with E-state index in [1.807, 2.05) is 27.7 Å². The third-order valence-corrected chi connectivity index (χ3v) is 11.7. The van der Waals surface area contributed by atoms with E-state index >= 15 is 0 Å². The molecule has 4 rings (SSSR count). The maximum Gasteiger partial charge on any atom is 0.311 e. The fourth-order valence-electron chi connectivity index (χ4n) is 8.41. The molecule has 18 atom stereocenters. The maximum absolute atomic E-state index is 14.1. The lowest BCUT2D eigenvalue weighted by Gasteiger charge is -2.48. The van der Waals surface area contributed by atoms with Crippen molar-refractivity contribution in [3.05, 3.63) is 0 Å². The van der Waals surface area contributed by atoms with Gasteiger partial charge in [0.1, 0.15) is 41.7 Å². The Bertz CT molecular complexity index is 1190. The zero-order valence-electron chi connectivity index (χ0n) is 32.0. The summed E-state index contributed by atoms with van der Waals surface area (Å²) in [5, 5.41) is 48.5. The summed E-state index contributed by atoms with van der Waals surface area (Å²) in [7, 11) is 3.30. The molecule has 50 heavy (non-hydrogen) atoms. The van der Waals surface area contributed by atoms with Crippen LogP contribution in [-0.2, 0) is 38.0 Å². The minimum absolute atomic E-state index is 0.162. The molecule has 4 aliphatic heterocycles. The van der Waals surface area contributed by atoms with E-state index in [1.165, 1.54) is 14.0 Å². The molecule has 5 N–H and O–H groups in total. The first-order chi connectivity index (χ1) is 23.2. The molecule has 14 nitrogen and oxygen atoms in total. The highest BCUT2D eigenvalue weighted by Gasteiger charge is 2.56. The topological polar surface area (TPSA) is 187 Å². The van der Waals surface area contributed by atoms with Crippen LogP contribution >= 0.6 is 0 Å². The average Bonchev–Trinajstić information content (AvgIpc) is 3.35. The molecule has 4 heterocycles. The number of carbonyl (C=O) groups is 1. The Morgan fingerprint density at radius 2 is 1.64 bits per heavy atom. The van der Waals surface area contributed by atoms with E-state index in [2.05, 4.69) is 5.32 Å². The third kappa shape index (κ3) is 8.19. The smallest absolute Gasteiger partial charge is 0.311 e. The molecule has 0 spiro atoms. The molecule has 3 fully saturated rings. The minimum Gasteiger partial charge on any atom is -0.472 e. The van der Waals surface area contributed by atoms with Crippen molar-refractivity contribution in [1.82, 2.24) is 5.32 Å². The number of nitrogens with one attached hydrogen (secondary N) is 1. The summed E-state index contributed by atoms with van der Waals surface area (Å²) in [6.07, 6.45) is -7.58. The van der Waals surface area contributed by atoms with Crippen molar-refractivity contribution < 1.29 is 58.4 Å². The van der Waals surface area contributed by atoms with E-state index in [4.69, 9.17) is 38.2 Å². The van der Waals surface area contributed by atoms with Gasteiger partial charge in [0.05, 0.1) is 35.9 Å². The van der Waals surface area contributed by atoms with Crippen molar-refractivity contribution in [2.75, 3.05) is 14.2 Å². The quantitative estimate of drug-likeness (QED) is 0.241. The van der Waals surface area contributed by atoms with Crippen LogP contribution in [0.2, 0.25) is 0 Å². The molecule has 0 radical (unpaired) electrons. The SMILES string of the molecule is CC[C@H]1OC(=O)[C@H](C)[C@@H](O[C@H]2CC(C)(OC)[C@@H](O)[C@@H](C)O2)[C@H](C)[C@@H](O[C@@H]2O[C@H](C)CC(NC)C2O)[C@]2(C)C[C@@H](C)C(=N[C@H](C)[C@@H](O)[C@]1(C)O)O2. The van der Waals surface area contributed by atoms with E-state index in [1.54, 1.807) is 41.7 Å². The molecule has 2 bridgehead atoms. The van der Waals surface area contributed by atoms with Gasteiger partial charge in [-0.3, -0.25) is 4.79 Å².